The molecule has 3 rings (SSSR count). The van der Waals surface area contributed by atoms with Gasteiger partial charge in [-0.2, -0.15) is 0 Å². The van der Waals surface area contributed by atoms with Crippen molar-refractivity contribution in [3.8, 4) is 0 Å². The minimum Gasteiger partial charge on any atom is -0.346 e. The summed E-state index contributed by atoms with van der Waals surface area (Å²) < 4.78 is 0. The number of nitrogens with zero attached hydrogens (tertiary/aromatic N) is 1. The summed E-state index contributed by atoms with van der Waals surface area (Å²) in [7, 11) is 0. The molecular formula is C16H22N2S. The Morgan fingerprint density at radius 2 is 1.79 bits per heavy atom. The number of hydrogen-bond donors (Lipinski definition) is 1. The zero-order valence-electron chi connectivity index (χ0n) is 11.3. The lowest BCUT2D eigenvalue weighted by Gasteiger charge is -2.45. The Bertz CT molecular complexity index is 430. The lowest BCUT2D eigenvalue weighted by Crippen LogP contribution is -2.51. The summed E-state index contributed by atoms with van der Waals surface area (Å²) in [6.07, 6.45) is 8.18. The molecule has 1 aromatic rings. The van der Waals surface area contributed by atoms with Gasteiger partial charge in [0, 0.05) is 18.3 Å². The van der Waals surface area contributed by atoms with E-state index in [1.165, 1.54) is 38.5 Å². The summed E-state index contributed by atoms with van der Waals surface area (Å²) in [5, 5.41) is 4.32. The number of rotatable bonds is 1. The Kier molecular flexibility index (Phi) is 4.02. The number of piperidine rings is 1. The van der Waals surface area contributed by atoms with E-state index >= 15 is 0 Å². The van der Waals surface area contributed by atoms with Crippen LogP contribution in [0.15, 0.2) is 30.3 Å². The van der Waals surface area contributed by atoms with Crippen LogP contribution in [0.25, 0.3) is 0 Å². The van der Waals surface area contributed by atoms with Gasteiger partial charge in [-0.15, -0.1) is 0 Å². The average molecular weight is 274 g/mol. The first-order chi connectivity index (χ1) is 9.34. The van der Waals surface area contributed by atoms with E-state index in [9.17, 15) is 0 Å². The number of hydrogen-bond acceptors (Lipinski definition) is 1. The molecule has 0 aromatic heterocycles. The minimum atomic E-state index is 0.686. The maximum Gasteiger partial charge on any atom is 0.173 e. The van der Waals surface area contributed by atoms with Crippen molar-refractivity contribution in [1.29, 1.82) is 0 Å². The smallest absolute Gasteiger partial charge is 0.173 e. The Balaban J connectivity index is 1.68. The van der Waals surface area contributed by atoms with E-state index in [-0.39, 0.29) is 0 Å². The predicted molar refractivity (Wildman–Crippen MR) is 84.3 cm³/mol. The van der Waals surface area contributed by atoms with Crippen molar-refractivity contribution in [1.82, 2.24) is 4.90 Å². The van der Waals surface area contributed by atoms with Crippen LogP contribution < -0.4 is 5.32 Å². The normalized spacial score (nSPS) is 26.6. The molecule has 1 saturated heterocycles. The number of nitrogens with one attached hydrogen (secondary N) is 1. The molecule has 2 fully saturated rings. The van der Waals surface area contributed by atoms with Gasteiger partial charge in [-0.3, -0.25) is 0 Å². The first-order valence-electron chi connectivity index (χ1n) is 7.47. The highest BCUT2D eigenvalue weighted by Gasteiger charge is 2.34. The minimum absolute atomic E-state index is 0.686. The number of fused-ring (bicyclic) bond motifs is 1. The van der Waals surface area contributed by atoms with Crippen molar-refractivity contribution in [3.63, 3.8) is 0 Å². The molecule has 0 unspecified atom stereocenters. The van der Waals surface area contributed by atoms with Gasteiger partial charge >= 0.3 is 0 Å². The monoisotopic (exact) mass is 274 g/mol. The van der Waals surface area contributed by atoms with E-state index in [2.05, 4.69) is 22.3 Å². The van der Waals surface area contributed by atoms with Crippen molar-refractivity contribution in [2.24, 2.45) is 5.92 Å². The molecule has 1 aliphatic carbocycles. The highest BCUT2D eigenvalue weighted by Crippen LogP contribution is 2.35. The van der Waals surface area contributed by atoms with E-state index in [1.807, 2.05) is 18.2 Å². The van der Waals surface area contributed by atoms with Crippen LogP contribution in [0.4, 0.5) is 5.69 Å². The molecule has 2 atom stereocenters. The molecule has 1 aliphatic heterocycles. The summed E-state index contributed by atoms with van der Waals surface area (Å²) in [5.74, 6) is 0.873. The number of benzene rings is 1. The topological polar surface area (TPSA) is 15.3 Å². The molecule has 1 N–H and O–H groups in total. The molecule has 19 heavy (non-hydrogen) atoms. The van der Waals surface area contributed by atoms with E-state index in [0.29, 0.717) is 6.04 Å². The van der Waals surface area contributed by atoms with Gasteiger partial charge in [-0.1, -0.05) is 31.0 Å². The Morgan fingerprint density at radius 1 is 1.05 bits per heavy atom. The lowest BCUT2D eigenvalue weighted by atomic mass is 9.78. The zero-order chi connectivity index (χ0) is 13.1. The second kappa shape index (κ2) is 5.91. The summed E-state index contributed by atoms with van der Waals surface area (Å²) in [6, 6.07) is 11.0. The van der Waals surface area contributed by atoms with E-state index in [1.54, 1.807) is 0 Å². The second-order valence-electron chi connectivity index (χ2n) is 5.74. The molecule has 0 amide bonds. The average Bonchev–Trinajstić information content (AvgIpc) is 2.47. The van der Waals surface area contributed by atoms with Gasteiger partial charge in [0.05, 0.1) is 0 Å². The second-order valence-corrected chi connectivity index (χ2v) is 6.13. The Labute approximate surface area is 121 Å². The van der Waals surface area contributed by atoms with Crippen LogP contribution in [0.5, 0.6) is 0 Å². The maximum atomic E-state index is 5.64. The SMILES string of the molecule is S=C(Nc1ccccc1)N1CCC[C@@H]2CCCC[C@@H]21. The van der Waals surface area contributed by atoms with Crippen LogP contribution in [0, 0.1) is 5.92 Å². The van der Waals surface area contributed by atoms with Crippen LogP contribution in [-0.2, 0) is 0 Å². The van der Waals surface area contributed by atoms with Gasteiger partial charge in [-0.25, -0.2) is 0 Å². The Morgan fingerprint density at radius 3 is 2.63 bits per heavy atom. The third-order valence-corrected chi connectivity index (χ3v) is 4.87. The summed E-state index contributed by atoms with van der Waals surface area (Å²) in [4.78, 5) is 2.45. The zero-order valence-corrected chi connectivity index (χ0v) is 12.2. The molecule has 1 heterocycles. The van der Waals surface area contributed by atoms with Crippen LogP contribution in [-0.4, -0.2) is 22.6 Å². The maximum absolute atomic E-state index is 5.64. The molecule has 2 nitrogen and oxygen atoms in total. The number of thiocarbonyl (C=S) groups is 1. The summed E-state index contributed by atoms with van der Waals surface area (Å²) in [5.41, 5.74) is 1.10. The van der Waals surface area contributed by atoms with Crippen LogP contribution in [0.2, 0.25) is 0 Å². The molecule has 0 radical (unpaired) electrons. The first-order valence-corrected chi connectivity index (χ1v) is 7.88. The number of para-hydroxylation sites is 1. The van der Waals surface area contributed by atoms with E-state index in [4.69, 9.17) is 12.2 Å². The largest absolute Gasteiger partial charge is 0.346 e. The number of likely N-dealkylation sites (tertiary alicyclic amines) is 1. The van der Waals surface area contributed by atoms with Crippen molar-refractivity contribution < 1.29 is 0 Å². The van der Waals surface area contributed by atoms with Gasteiger partial charge in [0.25, 0.3) is 0 Å². The van der Waals surface area contributed by atoms with Crippen molar-refractivity contribution >= 4 is 23.0 Å². The van der Waals surface area contributed by atoms with Crippen LogP contribution >= 0.6 is 12.2 Å². The molecule has 0 spiro atoms. The number of anilines is 1. The third kappa shape index (κ3) is 2.92. The van der Waals surface area contributed by atoms with Crippen molar-refractivity contribution in [2.45, 2.75) is 44.6 Å². The fourth-order valence-corrected chi connectivity index (χ4v) is 3.94. The molecule has 0 bridgehead atoms. The highest BCUT2D eigenvalue weighted by molar-refractivity contribution is 7.80. The Hall–Kier alpha value is -1.09. The fraction of sp³-hybridized carbons (Fsp3) is 0.562. The van der Waals surface area contributed by atoms with Gasteiger partial charge < -0.3 is 10.2 Å². The van der Waals surface area contributed by atoms with Crippen LogP contribution in [0.3, 0.4) is 0 Å². The highest BCUT2D eigenvalue weighted by atomic mass is 32.1. The molecule has 3 heteroatoms. The van der Waals surface area contributed by atoms with E-state index < -0.39 is 0 Å². The summed E-state index contributed by atoms with van der Waals surface area (Å²) >= 11 is 5.64. The molecule has 1 saturated carbocycles. The van der Waals surface area contributed by atoms with Gasteiger partial charge in [0.2, 0.25) is 0 Å². The van der Waals surface area contributed by atoms with Crippen molar-refractivity contribution in [3.05, 3.63) is 30.3 Å². The standard InChI is InChI=1S/C16H22N2S/c19-16(17-14-9-2-1-3-10-14)18-12-6-8-13-7-4-5-11-15(13)18/h1-3,9-10,13,15H,4-8,11-12H2,(H,17,19)/t13-,15-/m0/s1. The van der Waals surface area contributed by atoms with Crippen LogP contribution in [0.1, 0.15) is 38.5 Å². The van der Waals surface area contributed by atoms with Gasteiger partial charge in [0.1, 0.15) is 0 Å². The third-order valence-electron chi connectivity index (χ3n) is 4.53. The lowest BCUT2D eigenvalue weighted by molar-refractivity contribution is 0.121. The van der Waals surface area contributed by atoms with E-state index in [0.717, 1.165) is 23.3 Å². The molecule has 1 aromatic carbocycles. The first kappa shape index (κ1) is 12.9. The van der Waals surface area contributed by atoms with Crippen molar-refractivity contribution in [2.75, 3.05) is 11.9 Å². The fourth-order valence-electron chi connectivity index (χ4n) is 3.59. The predicted octanol–water partition coefficient (Wildman–Crippen LogP) is 4.04. The molecule has 102 valence electrons. The quantitative estimate of drug-likeness (QED) is 0.778. The van der Waals surface area contributed by atoms with Gasteiger partial charge in [-0.05, 0) is 56.0 Å². The molecular weight excluding hydrogens is 252 g/mol. The molecule has 2 aliphatic rings. The summed E-state index contributed by atoms with van der Waals surface area (Å²) in [6.45, 7) is 1.12. The van der Waals surface area contributed by atoms with Gasteiger partial charge in [0.15, 0.2) is 5.11 Å².